The van der Waals surface area contributed by atoms with Gasteiger partial charge in [0.15, 0.2) is 0 Å². The molecule has 0 bridgehead atoms. The molecule has 1 saturated heterocycles. The molecule has 0 aromatic rings. The summed E-state index contributed by atoms with van der Waals surface area (Å²) in [6, 6.07) is -0.343. The normalized spacial score (nSPS) is 27.5. The third-order valence-corrected chi connectivity index (χ3v) is 3.01. The van der Waals surface area contributed by atoms with Gasteiger partial charge in [-0.05, 0) is 26.9 Å². The number of nitrogens with zero attached hydrogens (tertiary/aromatic N) is 2. The molecular weight excluding hydrogens is 206 g/mol. The summed E-state index contributed by atoms with van der Waals surface area (Å²) in [6.07, 6.45) is 0.887. The maximum atomic E-state index is 12.0. The van der Waals surface area contributed by atoms with Crippen molar-refractivity contribution in [3.05, 3.63) is 0 Å². The van der Waals surface area contributed by atoms with Crippen LogP contribution in [0.1, 0.15) is 19.8 Å². The summed E-state index contributed by atoms with van der Waals surface area (Å²) in [5, 5.41) is 9.63. The number of carbonyl (C=O) groups is 1. The molecular formula is C11H23N3O2. The number of hydrogen-bond donors (Lipinski definition) is 2. The number of rotatable bonds is 4. The Bertz CT molecular complexity index is 245. The van der Waals surface area contributed by atoms with Gasteiger partial charge in [0.05, 0.1) is 12.1 Å². The number of β-amino-alcohol motifs (C(OH)–C–C–N with tert-alkyl or cyclic N) is 1. The second-order valence-electron chi connectivity index (χ2n) is 4.81. The van der Waals surface area contributed by atoms with Crippen LogP contribution in [0.4, 0.5) is 0 Å². The number of hydrogen-bond acceptors (Lipinski definition) is 4. The van der Waals surface area contributed by atoms with E-state index in [4.69, 9.17) is 5.73 Å². The first-order chi connectivity index (χ1) is 7.45. The van der Waals surface area contributed by atoms with E-state index in [1.165, 1.54) is 0 Å². The minimum atomic E-state index is -0.435. The number of amides is 1. The van der Waals surface area contributed by atoms with Crippen LogP contribution in [0.15, 0.2) is 0 Å². The van der Waals surface area contributed by atoms with Crippen molar-refractivity contribution < 1.29 is 9.90 Å². The van der Waals surface area contributed by atoms with Gasteiger partial charge in [-0.2, -0.15) is 0 Å². The first kappa shape index (κ1) is 13.4. The Morgan fingerprint density at radius 2 is 2.25 bits per heavy atom. The zero-order valence-electron chi connectivity index (χ0n) is 10.4. The monoisotopic (exact) mass is 229 g/mol. The number of aliphatic hydroxyl groups is 1. The van der Waals surface area contributed by atoms with E-state index in [1.54, 1.807) is 4.90 Å². The van der Waals surface area contributed by atoms with Crippen LogP contribution in [0.25, 0.3) is 0 Å². The molecule has 0 aromatic heterocycles. The Kier molecular flexibility index (Phi) is 4.70. The van der Waals surface area contributed by atoms with Gasteiger partial charge in [0.1, 0.15) is 0 Å². The molecule has 0 radical (unpaired) electrons. The molecule has 0 aromatic carbocycles. The lowest BCUT2D eigenvalue weighted by Gasteiger charge is -2.28. The molecule has 16 heavy (non-hydrogen) atoms. The molecule has 1 fully saturated rings. The summed E-state index contributed by atoms with van der Waals surface area (Å²) >= 11 is 0. The van der Waals surface area contributed by atoms with Gasteiger partial charge in [0.25, 0.3) is 0 Å². The van der Waals surface area contributed by atoms with E-state index in [-0.39, 0.29) is 11.9 Å². The summed E-state index contributed by atoms with van der Waals surface area (Å²) in [5.41, 5.74) is 5.75. The Morgan fingerprint density at radius 1 is 1.62 bits per heavy atom. The molecule has 1 heterocycles. The highest BCUT2D eigenvalue weighted by molar-refractivity contribution is 5.82. The molecule has 0 aliphatic carbocycles. The van der Waals surface area contributed by atoms with Crippen molar-refractivity contribution in [2.24, 2.45) is 5.73 Å². The van der Waals surface area contributed by atoms with Gasteiger partial charge in [-0.3, -0.25) is 4.79 Å². The lowest BCUT2D eigenvalue weighted by Crippen LogP contribution is -2.48. The van der Waals surface area contributed by atoms with E-state index in [0.717, 1.165) is 6.54 Å². The van der Waals surface area contributed by atoms with E-state index >= 15 is 0 Å². The summed E-state index contributed by atoms with van der Waals surface area (Å²) in [6.45, 7) is 3.10. The fourth-order valence-electron chi connectivity index (χ4n) is 2.14. The minimum absolute atomic E-state index is 0.0362. The summed E-state index contributed by atoms with van der Waals surface area (Å²) < 4.78 is 0. The van der Waals surface area contributed by atoms with E-state index in [2.05, 4.69) is 0 Å². The van der Waals surface area contributed by atoms with Gasteiger partial charge >= 0.3 is 0 Å². The fraction of sp³-hybridized carbons (Fsp3) is 0.909. The smallest absolute Gasteiger partial charge is 0.239 e. The summed E-state index contributed by atoms with van der Waals surface area (Å²) in [4.78, 5) is 15.7. The number of likely N-dealkylation sites (tertiary alicyclic amines) is 1. The van der Waals surface area contributed by atoms with Crippen molar-refractivity contribution >= 4 is 5.91 Å². The van der Waals surface area contributed by atoms with Crippen LogP contribution in [-0.2, 0) is 4.79 Å². The van der Waals surface area contributed by atoms with Crippen molar-refractivity contribution in [2.45, 2.75) is 38.0 Å². The molecule has 1 aliphatic rings. The van der Waals surface area contributed by atoms with Crippen LogP contribution in [-0.4, -0.2) is 66.2 Å². The SMILES string of the molecule is CC[C@H](N)C(=O)N1CC(O)CC1CN(C)C. The van der Waals surface area contributed by atoms with E-state index in [0.29, 0.717) is 19.4 Å². The van der Waals surface area contributed by atoms with Gasteiger partial charge in [-0.25, -0.2) is 0 Å². The van der Waals surface area contributed by atoms with Gasteiger partial charge in [-0.1, -0.05) is 6.92 Å². The molecule has 2 unspecified atom stereocenters. The number of aliphatic hydroxyl groups excluding tert-OH is 1. The lowest BCUT2D eigenvalue weighted by atomic mass is 10.1. The molecule has 0 saturated carbocycles. The molecule has 94 valence electrons. The number of carbonyl (C=O) groups excluding carboxylic acids is 1. The van der Waals surface area contributed by atoms with Gasteiger partial charge in [-0.15, -0.1) is 0 Å². The highest BCUT2D eigenvalue weighted by Gasteiger charge is 2.35. The maximum Gasteiger partial charge on any atom is 0.239 e. The topological polar surface area (TPSA) is 69.8 Å². The predicted octanol–water partition coefficient (Wildman–Crippen LogP) is -0.753. The average Bonchev–Trinajstić information content (AvgIpc) is 2.56. The first-order valence-electron chi connectivity index (χ1n) is 5.84. The largest absolute Gasteiger partial charge is 0.391 e. The van der Waals surface area contributed by atoms with Crippen LogP contribution in [0.2, 0.25) is 0 Å². The standard InChI is InChI=1S/C11H23N3O2/c1-4-10(12)11(16)14-7-9(15)5-8(14)6-13(2)3/h8-10,15H,4-7,12H2,1-3H3/t8?,9?,10-/m0/s1. The van der Waals surface area contributed by atoms with Crippen molar-refractivity contribution in [2.75, 3.05) is 27.2 Å². The van der Waals surface area contributed by atoms with E-state index < -0.39 is 12.1 Å². The molecule has 0 spiro atoms. The van der Waals surface area contributed by atoms with Crippen molar-refractivity contribution in [1.29, 1.82) is 0 Å². The molecule has 3 atom stereocenters. The van der Waals surface area contributed by atoms with Crippen molar-refractivity contribution in [1.82, 2.24) is 9.80 Å². The Balaban J connectivity index is 2.65. The van der Waals surface area contributed by atoms with Crippen molar-refractivity contribution in [3.63, 3.8) is 0 Å². The summed E-state index contributed by atoms with van der Waals surface area (Å²) in [5.74, 6) is -0.0362. The highest BCUT2D eigenvalue weighted by atomic mass is 16.3. The highest BCUT2D eigenvalue weighted by Crippen LogP contribution is 2.19. The fourth-order valence-corrected chi connectivity index (χ4v) is 2.14. The van der Waals surface area contributed by atoms with Crippen LogP contribution in [0.5, 0.6) is 0 Å². The second kappa shape index (κ2) is 5.61. The minimum Gasteiger partial charge on any atom is -0.391 e. The van der Waals surface area contributed by atoms with Crippen molar-refractivity contribution in [3.8, 4) is 0 Å². The number of nitrogens with two attached hydrogens (primary N) is 1. The molecule has 1 rings (SSSR count). The Hall–Kier alpha value is -0.650. The van der Waals surface area contributed by atoms with Gasteiger partial charge < -0.3 is 20.6 Å². The van der Waals surface area contributed by atoms with Crippen LogP contribution in [0, 0.1) is 0 Å². The van der Waals surface area contributed by atoms with Crippen LogP contribution < -0.4 is 5.73 Å². The second-order valence-corrected chi connectivity index (χ2v) is 4.81. The Labute approximate surface area is 97.2 Å². The molecule has 3 N–H and O–H groups in total. The quantitative estimate of drug-likeness (QED) is 0.665. The zero-order chi connectivity index (χ0) is 12.3. The average molecular weight is 229 g/mol. The maximum absolute atomic E-state index is 12.0. The third-order valence-electron chi connectivity index (χ3n) is 3.01. The molecule has 5 nitrogen and oxygen atoms in total. The van der Waals surface area contributed by atoms with E-state index in [1.807, 2.05) is 25.9 Å². The Morgan fingerprint density at radius 3 is 2.75 bits per heavy atom. The zero-order valence-corrected chi connectivity index (χ0v) is 10.4. The van der Waals surface area contributed by atoms with Crippen LogP contribution in [0.3, 0.4) is 0 Å². The molecule has 1 aliphatic heterocycles. The molecule has 1 amide bonds. The molecule has 5 heteroatoms. The lowest BCUT2D eigenvalue weighted by molar-refractivity contribution is -0.134. The van der Waals surface area contributed by atoms with Crippen LogP contribution >= 0.6 is 0 Å². The van der Waals surface area contributed by atoms with Gasteiger partial charge in [0.2, 0.25) is 5.91 Å². The third kappa shape index (κ3) is 3.17. The first-order valence-corrected chi connectivity index (χ1v) is 5.84. The summed E-state index contributed by atoms with van der Waals surface area (Å²) in [7, 11) is 3.93. The predicted molar refractivity (Wildman–Crippen MR) is 62.9 cm³/mol. The van der Waals surface area contributed by atoms with Gasteiger partial charge in [0, 0.05) is 19.1 Å². The van der Waals surface area contributed by atoms with E-state index in [9.17, 15) is 9.90 Å². The number of likely N-dealkylation sites (N-methyl/N-ethyl adjacent to an activating group) is 1.